The monoisotopic (exact) mass is 447 g/mol. The molecule has 33 heavy (non-hydrogen) atoms. The summed E-state index contributed by atoms with van der Waals surface area (Å²) in [5.74, 6) is -0.530. The van der Waals surface area contributed by atoms with E-state index in [0.717, 1.165) is 4.90 Å². The molecule has 0 aliphatic carbocycles. The van der Waals surface area contributed by atoms with Crippen molar-refractivity contribution >= 4 is 29.3 Å². The largest absolute Gasteiger partial charge is 0.484 e. The van der Waals surface area contributed by atoms with E-state index in [-0.39, 0.29) is 35.7 Å². The number of imide groups is 1. The van der Waals surface area contributed by atoms with E-state index in [9.17, 15) is 19.2 Å². The second-order valence-electron chi connectivity index (χ2n) is 7.59. The van der Waals surface area contributed by atoms with E-state index < -0.39 is 17.7 Å². The zero-order valence-corrected chi connectivity index (χ0v) is 18.0. The minimum atomic E-state index is -0.477. The zero-order valence-electron chi connectivity index (χ0n) is 18.0. The molecule has 0 saturated carbocycles. The molecular weight excluding hydrogens is 426 g/mol. The molecule has 0 spiro atoms. The average Bonchev–Trinajstić information content (AvgIpc) is 3.41. The van der Waals surface area contributed by atoms with Gasteiger partial charge in [-0.1, -0.05) is 0 Å². The van der Waals surface area contributed by atoms with Gasteiger partial charge in [-0.25, -0.2) is 0 Å². The number of nitrogens with one attached hydrogen (secondary N) is 1. The summed E-state index contributed by atoms with van der Waals surface area (Å²) in [6.45, 7) is -0.0625. The fourth-order valence-corrected chi connectivity index (χ4v) is 3.25. The van der Waals surface area contributed by atoms with Crippen molar-refractivity contribution in [2.24, 2.45) is 0 Å². The Hall–Kier alpha value is -4.40. The molecule has 0 saturated heterocycles. The van der Waals surface area contributed by atoms with Crippen molar-refractivity contribution < 1.29 is 28.3 Å². The highest BCUT2D eigenvalue weighted by atomic mass is 16.5. The van der Waals surface area contributed by atoms with E-state index in [4.69, 9.17) is 9.15 Å². The Balaban J connectivity index is 1.42. The summed E-state index contributed by atoms with van der Waals surface area (Å²) in [5.41, 5.74) is 1.17. The number of nitrogens with zero attached hydrogens (tertiary/aromatic N) is 2. The molecule has 9 heteroatoms. The number of rotatable bonds is 7. The lowest BCUT2D eigenvalue weighted by molar-refractivity contribution is -0.130. The van der Waals surface area contributed by atoms with Crippen LogP contribution in [0.2, 0.25) is 0 Å². The SMILES string of the molecule is CN(C)C(=O)COc1ccc(NC(=O)c2ccc3c(c2)C(=O)N(Cc2ccco2)C3=O)cc1. The van der Waals surface area contributed by atoms with Crippen molar-refractivity contribution in [1.82, 2.24) is 9.80 Å². The topological polar surface area (TPSA) is 109 Å². The molecule has 0 fully saturated rings. The number of fused-ring (bicyclic) bond motifs is 1. The van der Waals surface area contributed by atoms with Crippen LogP contribution in [0.1, 0.15) is 36.8 Å². The van der Waals surface area contributed by atoms with Crippen LogP contribution in [0.5, 0.6) is 5.75 Å². The number of anilines is 1. The molecule has 2 aromatic carbocycles. The predicted octanol–water partition coefficient (Wildman–Crippen LogP) is 2.80. The van der Waals surface area contributed by atoms with E-state index in [0.29, 0.717) is 17.2 Å². The minimum absolute atomic E-state index is 0.0233. The molecule has 0 radical (unpaired) electrons. The highest BCUT2D eigenvalue weighted by molar-refractivity contribution is 6.22. The Morgan fingerprint density at radius 3 is 2.39 bits per heavy atom. The van der Waals surface area contributed by atoms with Gasteiger partial charge in [0.2, 0.25) is 0 Å². The second kappa shape index (κ2) is 8.99. The number of carbonyl (C=O) groups excluding carboxylic acids is 4. The Bertz CT molecular complexity index is 1220. The summed E-state index contributed by atoms with van der Waals surface area (Å²) in [4.78, 5) is 52.2. The Labute approximate surface area is 189 Å². The lowest BCUT2D eigenvalue weighted by Crippen LogP contribution is -2.28. The fourth-order valence-electron chi connectivity index (χ4n) is 3.25. The van der Waals surface area contributed by atoms with Gasteiger partial charge in [0.25, 0.3) is 23.6 Å². The maximum atomic E-state index is 12.7. The zero-order chi connectivity index (χ0) is 23.5. The van der Waals surface area contributed by atoms with E-state index in [1.54, 1.807) is 50.5 Å². The van der Waals surface area contributed by atoms with Crippen LogP contribution in [0.25, 0.3) is 0 Å². The van der Waals surface area contributed by atoms with Gasteiger partial charge in [-0.3, -0.25) is 24.1 Å². The number of hydrogen-bond acceptors (Lipinski definition) is 6. The lowest BCUT2D eigenvalue weighted by Gasteiger charge is -2.12. The molecule has 4 amide bonds. The van der Waals surface area contributed by atoms with Gasteiger partial charge in [0.1, 0.15) is 11.5 Å². The van der Waals surface area contributed by atoms with Gasteiger partial charge in [0, 0.05) is 25.3 Å². The summed E-state index contributed by atoms with van der Waals surface area (Å²) < 4.78 is 10.6. The van der Waals surface area contributed by atoms with Crippen LogP contribution in [0.15, 0.2) is 65.3 Å². The number of ether oxygens (including phenoxy) is 1. The molecule has 2 heterocycles. The van der Waals surface area contributed by atoms with Crippen molar-refractivity contribution in [2.75, 3.05) is 26.0 Å². The summed E-state index contributed by atoms with van der Waals surface area (Å²) in [7, 11) is 3.28. The van der Waals surface area contributed by atoms with Gasteiger partial charge in [-0.15, -0.1) is 0 Å². The average molecular weight is 447 g/mol. The standard InChI is InChI=1S/C24H21N3O6/c1-26(2)21(28)14-33-17-8-6-16(7-9-17)25-22(29)15-5-10-19-20(12-15)24(31)27(23(19)30)13-18-4-3-11-32-18/h3-12H,13-14H2,1-2H3,(H,25,29). The van der Waals surface area contributed by atoms with Gasteiger partial charge in [0.05, 0.1) is 23.9 Å². The van der Waals surface area contributed by atoms with Crippen molar-refractivity contribution in [3.63, 3.8) is 0 Å². The van der Waals surface area contributed by atoms with Crippen molar-refractivity contribution in [3.8, 4) is 5.75 Å². The van der Waals surface area contributed by atoms with E-state index in [1.165, 1.54) is 29.4 Å². The molecule has 0 bridgehead atoms. The third-order valence-corrected chi connectivity index (χ3v) is 5.10. The van der Waals surface area contributed by atoms with E-state index >= 15 is 0 Å². The Morgan fingerprint density at radius 2 is 1.73 bits per heavy atom. The van der Waals surface area contributed by atoms with Gasteiger partial charge < -0.3 is 19.4 Å². The molecule has 0 unspecified atom stereocenters. The van der Waals surface area contributed by atoms with Crippen molar-refractivity contribution in [2.45, 2.75) is 6.54 Å². The van der Waals surface area contributed by atoms with Crippen LogP contribution in [-0.2, 0) is 11.3 Å². The maximum absolute atomic E-state index is 12.7. The van der Waals surface area contributed by atoms with Crippen LogP contribution < -0.4 is 10.1 Å². The number of carbonyl (C=O) groups is 4. The molecule has 1 aliphatic rings. The van der Waals surface area contributed by atoms with Gasteiger partial charge in [-0.2, -0.15) is 0 Å². The van der Waals surface area contributed by atoms with Crippen molar-refractivity contribution in [1.29, 1.82) is 0 Å². The molecule has 1 aromatic heterocycles. The summed E-state index contributed by atoms with van der Waals surface area (Å²) in [6, 6.07) is 14.3. The molecule has 3 aromatic rings. The van der Waals surface area contributed by atoms with Crippen LogP contribution in [0.4, 0.5) is 5.69 Å². The molecule has 4 rings (SSSR count). The first kappa shape index (κ1) is 21.8. The fraction of sp³-hybridized carbons (Fsp3) is 0.167. The number of furan rings is 1. The van der Waals surface area contributed by atoms with Gasteiger partial charge >= 0.3 is 0 Å². The predicted molar refractivity (Wildman–Crippen MR) is 118 cm³/mol. The van der Waals surface area contributed by atoms with Crippen molar-refractivity contribution in [3.05, 3.63) is 83.3 Å². The third kappa shape index (κ3) is 4.62. The first-order valence-electron chi connectivity index (χ1n) is 10.1. The highest BCUT2D eigenvalue weighted by Crippen LogP contribution is 2.26. The number of likely N-dealkylation sites (N-methyl/N-ethyl adjacent to an activating group) is 1. The molecule has 9 nitrogen and oxygen atoms in total. The second-order valence-corrected chi connectivity index (χ2v) is 7.59. The molecule has 168 valence electrons. The first-order valence-corrected chi connectivity index (χ1v) is 10.1. The quantitative estimate of drug-likeness (QED) is 0.558. The third-order valence-electron chi connectivity index (χ3n) is 5.10. The van der Waals surface area contributed by atoms with Crippen LogP contribution in [0.3, 0.4) is 0 Å². The smallest absolute Gasteiger partial charge is 0.261 e. The Morgan fingerprint density at radius 1 is 1.00 bits per heavy atom. The van der Waals surface area contributed by atoms with E-state index in [2.05, 4.69) is 5.32 Å². The molecule has 1 N–H and O–H groups in total. The lowest BCUT2D eigenvalue weighted by atomic mass is 10.1. The normalized spacial score (nSPS) is 12.5. The van der Waals surface area contributed by atoms with Crippen LogP contribution in [-0.4, -0.2) is 54.1 Å². The molecule has 1 aliphatic heterocycles. The molecular formula is C24H21N3O6. The van der Waals surface area contributed by atoms with E-state index in [1.807, 2.05) is 0 Å². The number of hydrogen-bond donors (Lipinski definition) is 1. The van der Waals surface area contributed by atoms with Gasteiger partial charge in [0.15, 0.2) is 6.61 Å². The maximum Gasteiger partial charge on any atom is 0.261 e. The minimum Gasteiger partial charge on any atom is -0.484 e. The summed E-state index contributed by atoms with van der Waals surface area (Å²) in [6.07, 6.45) is 1.47. The first-order chi connectivity index (χ1) is 15.8. The van der Waals surface area contributed by atoms with Crippen LogP contribution in [0, 0.1) is 0 Å². The highest BCUT2D eigenvalue weighted by Gasteiger charge is 2.36. The summed E-state index contributed by atoms with van der Waals surface area (Å²) >= 11 is 0. The molecule has 0 atom stereocenters. The number of benzene rings is 2. The Kier molecular flexibility index (Phi) is 5.95. The number of amides is 4. The van der Waals surface area contributed by atoms with Crippen LogP contribution >= 0.6 is 0 Å². The summed E-state index contributed by atoms with van der Waals surface area (Å²) in [5, 5.41) is 2.74. The van der Waals surface area contributed by atoms with Gasteiger partial charge in [-0.05, 0) is 54.6 Å².